The molecule has 1 aliphatic carbocycles. The molecule has 1 aromatic heterocycles. The fourth-order valence-corrected chi connectivity index (χ4v) is 11.1. The van der Waals surface area contributed by atoms with Crippen molar-refractivity contribution in [3.05, 3.63) is 60.0 Å². The van der Waals surface area contributed by atoms with E-state index in [1.807, 2.05) is 58.1 Å². The van der Waals surface area contributed by atoms with Crippen molar-refractivity contribution in [3.63, 3.8) is 0 Å². The van der Waals surface area contributed by atoms with Gasteiger partial charge in [0.25, 0.3) is 11.7 Å². The molecule has 2 saturated heterocycles. The summed E-state index contributed by atoms with van der Waals surface area (Å²) < 4.78 is 35.6. The summed E-state index contributed by atoms with van der Waals surface area (Å²) in [6, 6.07) is -1.18. The number of nitrogens with zero attached hydrogens (tertiary/aromatic N) is 2. The lowest BCUT2D eigenvalue weighted by molar-refractivity contribution is -0.265. The van der Waals surface area contributed by atoms with Gasteiger partial charge in [0.1, 0.15) is 36.2 Å². The average Bonchev–Trinajstić information content (AvgIpc) is 3.93. The molecule has 0 spiro atoms. The van der Waals surface area contributed by atoms with E-state index in [9.17, 15) is 39.0 Å². The van der Waals surface area contributed by atoms with Gasteiger partial charge in [0.15, 0.2) is 11.7 Å². The third-order valence-electron chi connectivity index (χ3n) is 15.9. The monoisotopic (exact) mass is 1070 g/mol. The van der Waals surface area contributed by atoms with Gasteiger partial charge in [-0.2, -0.15) is 0 Å². The van der Waals surface area contributed by atoms with Gasteiger partial charge in [0.2, 0.25) is 5.79 Å². The second-order valence-electron chi connectivity index (χ2n) is 21.8. The first-order valence-electron chi connectivity index (χ1n) is 27.4. The zero-order valence-corrected chi connectivity index (χ0v) is 46.5. The molecule has 19 nitrogen and oxygen atoms in total. The van der Waals surface area contributed by atoms with E-state index < -0.39 is 102 Å². The molecule has 1 saturated carbocycles. The Balaban J connectivity index is 1.40. The number of methoxy groups -OCH3 is 3. The van der Waals surface area contributed by atoms with E-state index in [-0.39, 0.29) is 42.8 Å². The van der Waals surface area contributed by atoms with Gasteiger partial charge in [-0.05, 0) is 107 Å². The maximum Gasteiger partial charge on any atom is 0.407 e. The van der Waals surface area contributed by atoms with Gasteiger partial charge in [0, 0.05) is 84.0 Å². The SMILES string of the molecule is COC1CC2CC[C@@H](C)[C@@](O)(O2)C(=O)C(=O)N2CCCC[C@H]2C(=O)OC(C(C)CC2CC[C@@H](OC(=O)NCCNc3ncc[nH]3)C(OC)C2)CC(=O)C(C)/C=C(\C)[C@@H](O)C(OC)C(=O)[C@H](C)CC(C)\C=C/C=C/C=C/1C. The molecule has 19 heteroatoms. The number of H-pyrrole nitrogens is 1. The molecule has 9 unspecified atom stereocenters. The van der Waals surface area contributed by atoms with Gasteiger partial charge in [0.05, 0.1) is 18.3 Å². The fourth-order valence-electron chi connectivity index (χ4n) is 11.1. The molecule has 2 amide bonds. The van der Waals surface area contributed by atoms with Gasteiger partial charge >= 0.3 is 12.1 Å². The summed E-state index contributed by atoms with van der Waals surface area (Å²) >= 11 is 0. The molecule has 0 radical (unpaired) electrons. The van der Waals surface area contributed by atoms with E-state index in [0.29, 0.717) is 88.8 Å². The van der Waals surface area contributed by atoms with Crippen LogP contribution in [0, 0.1) is 35.5 Å². The number of fused-ring (bicyclic) bond motifs is 3. The van der Waals surface area contributed by atoms with Crippen LogP contribution in [-0.2, 0) is 52.4 Å². The first-order chi connectivity index (χ1) is 36.2. The Kier molecular flexibility index (Phi) is 24.1. The van der Waals surface area contributed by atoms with Crippen molar-refractivity contribution >= 4 is 41.3 Å². The van der Waals surface area contributed by atoms with Gasteiger partial charge < -0.3 is 59.2 Å². The molecule has 76 heavy (non-hydrogen) atoms. The fraction of sp³-hybridized carbons (Fsp3) is 0.702. The van der Waals surface area contributed by atoms with E-state index in [2.05, 4.69) is 20.6 Å². The highest BCUT2D eigenvalue weighted by atomic mass is 16.6. The summed E-state index contributed by atoms with van der Waals surface area (Å²) in [5.74, 6) is -7.79. The summed E-state index contributed by atoms with van der Waals surface area (Å²) in [6.07, 6.45) is 13.3. The zero-order valence-electron chi connectivity index (χ0n) is 46.5. The predicted molar refractivity (Wildman–Crippen MR) is 284 cm³/mol. The van der Waals surface area contributed by atoms with Crippen LogP contribution in [0.25, 0.3) is 0 Å². The Morgan fingerprint density at radius 1 is 0.908 bits per heavy atom. The maximum atomic E-state index is 14.6. The number of rotatable bonds is 11. The number of amides is 2. The molecular formula is C57H87N5O14. The number of aliphatic hydroxyl groups excluding tert-OH is 1. The number of carbonyl (C=O) groups is 6. The Bertz CT molecular complexity index is 2210. The number of allylic oxidation sites excluding steroid dienone is 6. The second kappa shape index (κ2) is 29.6. The molecule has 3 aliphatic heterocycles. The number of ether oxygens (including phenoxy) is 6. The van der Waals surface area contributed by atoms with Crippen molar-refractivity contribution in [1.82, 2.24) is 20.2 Å². The lowest BCUT2D eigenvalue weighted by Gasteiger charge is -2.42. The number of imidazole rings is 1. The number of carbonyl (C=O) groups excluding carboxylic acids is 6. The highest BCUT2D eigenvalue weighted by Gasteiger charge is 2.53. The molecule has 424 valence electrons. The lowest BCUT2D eigenvalue weighted by Crippen LogP contribution is -2.61. The minimum Gasteiger partial charge on any atom is -0.460 e. The van der Waals surface area contributed by atoms with Gasteiger partial charge in [-0.15, -0.1) is 0 Å². The molecule has 5 rings (SSSR count). The summed E-state index contributed by atoms with van der Waals surface area (Å²) in [4.78, 5) is 92.5. The number of alkyl carbamates (subject to hydrolysis) is 1. The number of aliphatic hydroxyl groups is 2. The second-order valence-corrected chi connectivity index (χ2v) is 21.8. The van der Waals surface area contributed by atoms with Crippen molar-refractivity contribution in [3.8, 4) is 0 Å². The minimum absolute atomic E-state index is 0.000669. The Hall–Kier alpha value is -5.05. The smallest absolute Gasteiger partial charge is 0.407 e. The average molecular weight is 1070 g/mol. The minimum atomic E-state index is -2.46. The molecule has 3 fully saturated rings. The third-order valence-corrected chi connectivity index (χ3v) is 15.9. The largest absolute Gasteiger partial charge is 0.460 e. The number of Topliss-reactive ketones (excluding diaryl/α,β-unsaturated/α-hetero) is 3. The lowest BCUT2D eigenvalue weighted by atomic mass is 9.78. The molecule has 2 bridgehead atoms. The standard InChI is InChI=1S/C57H87N5O14/c1-34-16-12-11-13-17-35(2)46(71-8)32-42-21-19-40(7)57(70,76-42)52(66)53(67)62-27-15-14-18-43(62)54(68)74-47(33-44(63)36(3)29-39(6)50(65)51(73-10)49(64)38(5)28-34)37(4)30-41-20-22-45(48(31-41)72-9)75-56(69)61-26-25-60-55-58-23-24-59-55/h11-13,16-17,23-24,29,34,36-38,40-43,45-48,50-51,65,70H,14-15,18-22,25-28,30-33H2,1-10H3,(H,61,69)(H2,58,59,60)/b13-11+,16-12-,35-17+,39-29+/t34?,36?,37?,38-,40-,41?,42?,43+,45-,46?,47?,48?,50-,51?,57-/m1/s1. The van der Waals surface area contributed by atoms with Gasteiger partial charge in [-0.25, -0.2) is 14.6 Å². The number of esters is 1. The first kappa shape index (κ1) is 61.8. The molecule has 0 aromatic carbocycles. The van der Waals surface area contributed by atoms with Crippen LogP contribution in [0.5, 0.6) is 0 Å². The van der Waals surface area contributed by atoms with Crippen molar-refractivity contribution in [1.29, 1.82) is 0 Å². The Labute approximate surface area is 449 Å². The van der Waals surface area contributed by atoms with Crippen molar-refractivity contribution in [2.45, 2.75) is 180 Å². The number of ketones is 3. The number of hydrogen-bond donors (Lipinski definition) is 5. The van der Waals surface area contributed by atoms with Crippen LogP contribution >= 0.6 is 0 Å². The number of piperidine rings is 1. The summed E-state index contributed by atoms with van der Waals surface area (Å²) in [7, 11) is 4.51. The molecule has 1 aromatic rings. The summed E-state index contributed by atoms with van der Waals surface area (Å²) in [6.45, 7) is 13.4. The predicted octanol–water partition coefficient (Wildman–Crippen LogP) is 6.75. The molecule has 4 heterocycles. The highest BCUT2D eigenvalue weighted by Crippen LogP contribution is 2.38. The van der Waals surface area contributed by atoms with Crippen LogP contribution in [0.15, 0.2) is 60.0 Å². The van der Waals surface area contributed by atoms with Gasteiger partial charge in [-0.1, -0.05) is 71.1 Å². The maximum absolute atomic E-state index is 14.6. The quantitative estimate of drug-likeness (QED) is 0.0665. The van der Waals surface area contributed by atoms with Crippen LogP contribution in [0.4, 0.5) is 10.7 Å². The molecule has 15 atom stereocenters. The third kappa shape index (κ3) is 17.0. The van der Waals surface area contributed by atoms with Crippen LogP contribution in [0.2, 0.25) is 0 Å². The van der Waals surface area contributed by atoms with Crippen LogP contribution in [0.3, 0.4) is 0 Å². The molecule has 4 aliphatic rings. The Morgan fingerprint density at radius 2 is 1.67 bits per heavy atom. The van der Waals surface area contributed by atoms with Crippen LogP contribution in [0.1, 0.15) is 126 Å². The van der Waals surface area contributed by atoms with E-state index in [4.69, 9.17) is 28.4 Å². The molecular weight excluding hydrogens is 979 g/mol. The van der Waals surface area contributed by atoms with Crippen molar-refractivity contribution in [2.24, 2.45) is 35.5 Å². The number of aromatic nitrogens is 2. The normalized spacial score (nSPS) is 36.1. The number of nitrogens with one attached hydrogen (secondary N) is 3. The van der Waals surface area contributed by atoms with Crippen molar-refractivity contribution in [2.75, 3.05) is 46.3 Å². The van der Waals surface area contributed by atoms with E-state index in [1.165, 1.54) is 12.0 Å². The number of aromatic amines is 1. The van der Waals surface area contributed by atoms with E-state index in [0.717, 1.165) is 5.57 Å². The van der Waals surface area contributed by atoms with E-state index >= 15 is 0 Å². The number of cyclic esters (lactones) is 1. The topological polar surface area (TPSA) is 254 Å². The van der Waals surface area contributed by atoms with Crippen molar-refractivity contribution < 1.29 is 67.4 Å². The van der Waals surface area contributed by atoms with Crippen LogP contribution in [-0.4, -0.2) is 156 Å². The highest BCUT2D eigenvalue weighted by molar-refractivity contribution is 6.39. The Morgan fingerprint density at radius 3 is 2.37 bits per heavy atom. The summed E-state index contributed by atoms with van der Waals surface area (Å²) in [5, 5.41) is 29.4. The molecule has 5 N–H and O–H groups in total. The van der Waals surface area contributed by atoms with Crippen LogP contribution < -0.4 is 10.6 Å². The number of hydrogen-bond acceptors (Lipinski definition) is 16. The van der Waals surface area contributed by atoms with E-state index in [1.54, 1.807) is 53.5 Å². The van der Waals surface area contributed by atoms with Gasteiger partial charge in [-0.3, -0.25) is 19.2 Å². The number of anilines is 1. The first-order valence-corrected chi connectivity index (χ1v) is 27.4. The zero-order chi connectivity index (χ0) is 55.7. The summed E-state index contributed by atoms with van der Waals surface area (Å²) in [5.41, 5.74) is 1.23.